The van der Waals surface area contributed by atoms with E-state index in [1.165, 1.54) is 12.4 Å². The first kappa shape index (κ1) is 35.6. The Balaban J connectivity index is 0.000000161. The van der Waals surface area contributed by atoms with Crippen LogP contribution in [0.25, 0.3) is 32.3 Å². The fourth-order valence-electron chi connectivity index (χ4n) is 4.60. The van der Waals surface area contributed by atoms with E-state index in [-0.39, 0.29) is 5.75 Å². The second-order valence-electron chi connectivity index (χ2n) is 10.6. The van der Waals surface area contributed by atoms with Crippen LogP contribution in [0.3, 0.4) is 0 Å². The Morgan fingerprint density at radius 3 is 1.53 bits per heavy atom. The number of methoxy groups -OCH3 is 2. The first-order valence-corrected chi connectivity index (χ1v) is 15.5. The molecule has 0 saturated carbocycles. The van der Waals surface area contributed by atoms with Gasteiger partial charge in [0.2, 0.25) is 5.95 Å². The molecule has 47 heavy (non-hydrogen) atoms. The number of halogens is 3. The van der Waals surface area contributed by atoms with Gasteiger partial charge in [-0.1, -0.05) is 70.2 Å². The first-order valence-electron chi connectivity index (χ1n) is 14.7. The molecule has 3 heterocycles. The molecule has 8 nitrogen and oxygen atoms in total. The number of fused-ring (bicyclic) bond motifs is 3. The number of pyridine rings is 3. The van der Waals surface area contributed by atoms with Gasteiger partial charge in [-0.3, -0.25) is 0 Å². The molecule has 3 aromatic heterocycles. The minimum atomic E-state index is -0.473. The van der Waals surface area contributed by atoms with E-state index in [0.717, 1.165) is 49.4 Å². The summed E-state index contributed by atoms with van der Waals surface area (Å²) in [7, 11) is 3.25. The number of ether oxygens (including phenoxy) is 4. The van der Waals surface area contributed by atoms with Gasteiger partial charge in [0.05, 0.1) is 31.8 Å². The van der Waals surface area contributed by atoms with Crippen LogP contribution in [0.5, 0.6) is 17.2 Å². The van der Waals surface area contributed by atoms with Crippen LogP contribution in [-0.4, -0.2) is 60.7 Å². The molecule has 0 unspecified atom stereocenters. The van der Waals surface area contributed by atoms with Crippen molar-refractivity contribution in [1.29, 1.82) is 0 Å². The molecule has 6 rings (SSSR count). The third-order valence-electron chi connectivity index (χ3n) is 6.98. The van der Waals surface area contributed by atoms with E-state index >= 15 is 0 Å². The fraction of sp³-hybridized carbons (Fsp3) is 0.250. The van der Waals surface area contributed by atoms with Gasteiger partial charge in [0.1, 0.15) is 40.8 Å². The van der Waals surface area contributed by atoms with Gasteiger partial charge in [-0.05, 0) is 45.0 Å². The Morgan fingerprint density at radius 2 is 1.00 bits per heavy atom. The Bertz CT molecular complexity index is 1880. The molecule has 0 bridgehead atoms. The highest BCUT2D eigenvalue weighted by Crippen LogP contribution is 2.31. The van der Waals surface area contributed by atoms with Crippen molar-refractivity contribution < 1.29 is 28.4 Å². The number of aromatic hydroxyl groups is 1. The summed E-state index contributed by atoms with van der Waals surface area (Å²) >= 11 is 11.9. The molecule has 0 saturated heterocycles. The van der Waals surface area contributed by atoms with Gasteiger partial charge in [0.15, 0.2) is 0 Å². The van der Waals surface area contributed by atoms with Crippen LogP contribution in [0.2, 0.25) is 10.3 Å². The van der Waals surface area contributed by atoms with Crippen molar-refractivity contribution in [1.82, 2.24) is 15.0 Å². The molecule has 0 atom stereocenters. The van der Waals surface area contributed by atoms with E-state index in [9.17, 15) is 9.50 Å². The number of benzene rings is 3. The second kappa shape index (κ2) is 17.0. The Morgan fingerprint density at radius 1 is 0.574 bits per heavy atom. The Kier molecular flexibility index (Phi) is 12.9. The lowest BCUT2D eigenvalue weighted by atomic mass is 10.1. The highest BCUT2D eigenvalue weighted by atomic mass is 35.5. The largest absolute Gasteiger partial charge is 0.506 e. The molecule has 0 aliphatic rings. The van der Waals surface area contributed by atoms with Crippen LogP contribution < -0.4 is 9.47 Å². The zero-order valence-electron chi connectivity index (χ0n) is 26.8. The van der Waals surface area contributed by atoms with Gasteiger partial charge < -0.3 is 24.1 Å². The van der Waals surface area contributed by atoms with Crippen LogP contribution in [0.4, 0.5) is 4.39 Å². The molecule has 0 spiro atoms. The first-order chi connectivity index (χ1) is 22.6. The number of hydrogen-bond acceptors (Lipinski definition) is 8. The maximum absolute atomic E-state index is 13.5. The van der Waals surface area contributed by atoms with Crippen molar-refractivity contribution in [2.24, 2.45) is 0 Å². The summed E-state index contributed by atoms with van der Waals surface area (Å²) in [6, 6.07) is 17.2. The smallest absolute Gasteiger partial charge is 0.220 e. The fourth-order valence-corrected chi connectivity index (χ4v) is 5.03. The third-order valence-corrected chi connectivity index (χ3v) is 7.58. The minimum absolute atomic E-state index is 0.170. The predicted molar refractivity (Wildman–Crippen MR) is 186 cm³/mol. The quantitative estimate of drug-likeness (QED) is 0.126. The summed E-state index contributed by atoms with van der Waals surface area (Å²) in [4.78, 5) is 11.7. The maximum atomic E-state index is 13.5. The lowest BCUT2D eigenvalue weighted by molar-refractivity contribution is 0.147. The molecule has 0 aliphatic carbocycles. The molecule has 11 heteroatoms. The topological polar surface area (TPSA) is 95.8 Å². The normalized spacial score (nSPS) is 10.7. The van der Waals surface area contributed by atoms with E-state index in [2.05, 4.69) is 15.0 Å². The van der Waals surface area contributed by atoms with Crippen LogP contribution in [0.15, 0.2) is 73.2 Å². The summed E-state index contributed by atoms with van der Waals surface area (Å²) in [6.07, 6.45) is 4.43. The van der Waals surface area contributed by atoms with Gasteiger partial charge in [-0.15, -0.1) is 0 Å². The highest BCUT2D eigenvalue weighted by Gasteiger charge is 2.09. The van der Waals surface area contributed by atoms with Crippen LogP contribution >= 0.6 is 23.2 Å². The van der Waals surface area contributed by atoms with Crippen molar-refractivity contribution >= 4 is 55.5 Å². The lowest BCUT2D eigenvalue weighted by Gasteiger charge is -2.09. The molecule has 0 fully saturated rings. The van der Waals surface area contributed by atoms with Gasteiger partial charge >= 0.3 is 0 Å². The van der Waals surface area contributed by atoms with Crippen LogP contribution in [0.1, 0.15) is 16.7 Å². The number of aromatic nitrogens is 3. The molecule has 3 aromatic carbocycles. The number of hydrogen-bond donors (Lipinski definition) is 1. The zero-order chi connectivity index (χ0) is 33.9. The van der Waals surface area contributed by atoms with Crippen molar-refractivity contribution in [2.45, 2.75) is 20.8 Å². The molecule has 0 radical (unpaired) electrons. The predicted octanol–water partition coefficient (Wildman–Crippen LogP) is 8.83. The van der Waals surface area contributed by atoms with Crippen molar-refractivity contribution in [3.8, 4) is 17.2 Å². The summed E-state index contributed by atoms with van der Waals surface area (Å²) in [5, 5.41) is 15.1. The van der Waals surface area contributed by atoms with Crippen molar-refractivity contribution in [2.75, 3.05) is 40.6 Å². The SMILES string of the molecule is COCCOc1cnc(Cl)c2ccc(C)cc12.COCCOc1cnc(F)c2ccc(C)cc12.Cc1ccc2c(Cl)ncc(O)c2c1. The molecule has 6 aromatic rings. The van der Waals surface area contributed by atoms with E-state index in [1.807, 2.05) is 69.3 Å². The van der Waals surface area contributed by atoms with E-state index in [0.29, 0.717) is 47.9 Å². The monoisotopic (exact) mass is 679 g/mol. The van der Waals surface area contributed by atoms with Gasteiger partial charge in [-0.2, -0.15) is 4.39 Å². The van der Waals surface area contributed by atoms with Crippen LogP contribution in [-0.2, 0) is 9.47 Å². The standard InChI is InChI=1S/C13H14ClNO2.C13H14FNO2.C10H8ClNO/c2*1-9-3-4-10-11(7-9)12(8-15-13(10)14)17-6-5-16-2;1-6-2-3-7-8(4-6)9(13)5-12-10(7)11/h2*3-4,7-8H,5-6H2,1-2H3;2-5,13H,1H3. The maximum Gasteiger partial charge on any atom is 0.220 e. The van der Waals surface area contributed by atoms with Gasteiger partial charge in [0.25, 0.3) is 0 Å². The summed E-state index contributed by atoms with van der Waals surface area (Å²) < 4.78 is 34.5. The average molecular weight is 681 g/mol. The van der Waals surface area contributed by atoms with E-state index in [4.69, 9.17) is 42.1 Å². The third kappa shape index (κ3) is 9.39. The summed E-state index contributed by atoms with van der Waals surface area (Å²) in [5.41, 5.74) is 3.31. The highest BCUT2D eigenvalue weighted by molar-refractivity contribution is 6.34. The van der Waals surface area contributed by atoms with E-state index < -0.39 is 5.95 Å². The summed E-state index contributed by atoms with van der Waals surface area (Å²) in [5.74, 6) is 1.02. The minimum Gasteiger partial charge on any atom is -0.506 e. The molecular formula is C36H36Cl2FN3O5. The lowest BCUT2D eigenvalue weighted by Crippen LogP contribution is -2.05. The van der Waals surface area contributed by atoms with E-state index in [1.54, 1.807) is 26.5 Å². The molecule has 246 valence electrons. The Labute approximate surface area is 283 Å². The number of aryl methyl sites for hydroxylation is 3. The number of nitrogens with zero attached hydrogens (tertiary/aromatic N) is 3. The number of rotatable bonds is 8. The zero-order valence-corrected chi connectivity index (χ0v) is 28.3. The van der Waals surface area contributed by atoms with Crippen molar-refractivity contribution in [3.05, 3.63) is 106 Å². The van der Waals surface area contributed by atoms with Gasteiger partial charge in [0, 0.05) is 46.5 Å². The summed E-state index contributed by atoms with van der Waals surface area (Å²) in [6.45, 7) is 7.92. The van der Waals surface area contributed by atoms with Crippen LogP contribution in [0, 0.1) is 26.7 Å². The Hall–Kier alpha value is -4.28. The second-order valence-corrected chi connectivity index (χ2v) is 11.3. The molecular weight excluding hydrogens is 644 g/mol. The molecule has 1 N–H and O–H groups in total. The molecule has 0 amide bonds. The average Bonchev–Trinajstić information content (AvgIpc) is 3.06. The van der Waals surface area contributed by atoms with Crippen molar-refractivity contribution in [3.63, 3.8) is 0 Å². The molecule has 0 aliphatic heterocycles. The van der Waals surface area contributed by atoms with Gasteiger partial charge in [-0.25, -0.2) is 15.0 Å².